The minimum absolute atomic E-state index is 0.0830. The zero-order valence-electron chi connectivity index (χ0n) is 18.3. The standard InChI is InChI=1S/C25H24ClN5O2/c1-2-19-4-3-11-31(19)24(33)15-5-8-18(9-6-15)28-25-27-14-16-12-22(32)29-21-13-17(26)7-10-20(21)23(16)30-25/h5-10,13-14,19H,2-4,11-12H2,1H3,(H,29,32)(H,27,28,30). The Hall–Kier alpha value is -3.45. The van der Waals surface area contributed by atoms with Gasteiger partial charge < -0.3 is 15.5 Å². The lowest BCUT2D eigenvalue weighted by Gasteiger charge is -2.23. The summed E-state index contributed by atoms with van der Waals surface area (Å²) in [6.45, 7) is 2.95. The number of amides is 2. The van der Waals surface area contributed by atoms with Crippen LogP contribution in [0.2, 0.25) is 5.02 Å². The molecule has 2 aliphatic rings. The molecule has 1 saturated heterocycles. The van der Waals surface area contributed by atoms with E-state index in [0.717, 1.165) is 42.6 Å². The maximum Gasteiger partial charge on any atom is 0.254 e. The van der Waals surface area contributed by atoms with E-state index in [-0.39, 0.29) is 18.2 Å². The summed E-state index contributed by atoms with van der Waals surface area (Å²) in [7, 11) is 0. The lowest BCUT2D eigenvalue weighted by molar-refractivity contribution is -0.115. The average Bonchev–Trinajstić information content (AvgIpc) is 3.24. The highest BCUT2D eigenvalue weighted by atomic mass is 35.5. The van der Waals surface area contributed by atoms with Crippen molar-refractivity contribution in [3.05, 3.63) is 64.8 Å². The van der Waals surface area contributed by atoms with E-state index in [1.165, 1.54) is 0 Å². The van der Waals surface area contributed by atoms with Crippen molar-refractivity contribution in [3.63, 3.8) is 0 Å². The summed E-state index contributed by atoms with van der Waals surface area (Å²) < 4.78 is 0. The second-order valence-corrected chi connectivity index (χ2v) is 8.82. The highest BCUT2D eigenvalue weighted by molar-refractivity contribution is 6.31. The lowest BCUT2D eigenvalue weighted by Crippen LogP contribution is -2.35. The number of hydrogen-bond acceptors (Lipinski definition) is 5. The highest BCUT2D eigenvalue weighted by Crippen LogP contribution is 2.35. The zero-order valence-corrected chi connectivity index (χ0v) is 19.0. The second-order valence-electron chi connectivity index (χ2n) is 8.39. The summed E-state index contributed by atoms with van der Waals surface area (Å²) >= 11 is 6.11. The molecule has 1 aromatic heterocycles. The van der Waals surface area contributed by atoms with Crippen LogP contribution >= 0.6 is 11.6 Å². The van der Waals surface area contributed by atoms with Crippen molar-refractivity contribution in [1.29, 1.82) is 0 Å². The minimum Gasteiger partial charge on any atom is -0.336 e. The Morgan fingerprint density at radius 3 is 2.85 bits per heavy atom. The molecule has 2 N–H and O–H groups in total. The zero-order chi connectivity index (χ0) is 22.9. The molecule has 1 unspecified atom stereocenters. The number of anilines is 3. The molecule has 1 fully saturated rings. The van der Waals surface area contributed by atoms with Gasteiger partial charge in [0.25, 0.3) is 5.91 Å². The number of hydrogen-bond donors (Lipinski definition) is 2. The van der Waals surface area contributed by atoms with Gasteiger partial charge in [0, 0.05) is 46.2 Å². The molecule has 0 aliphatic carbocycles. The van der Waals surface area contributed by atoms with Gasteiger partial charge >= 0.3 is 0 Å². The predicted molar refractivity (Wildman–Crippen MR) is 129 cm³/mol. The minimum atomic E-state index is -0.134. The monoisotopic (exact) mass is 461 g/mol. The van der Waals surface area contributed by atoms with Crippen molar-refractivity contribution in [2.45, 2.75) is 38.6 Å². The third-order valence-corrected chi connectivity index (χ3v) is 6.46. The van der Waals surface area contributed by atoms with Crippen molar-refractivity contribution >= 4 is 40.7 Å². The van der Waals surface area contributed by atoms with Crippen LogP contribution in [-0.4, -0.2) is 39.3 Å². The molecule has 3 aromatic rings. The molecule has 3 heterocycles. The number of likely N-dealkylation sites (tertiary alicyclic amines) is 1. The third kappa shape index (κ3) is 4.28. The van der Waals surface area contributed by atoms with Crippen LogP contribution in [0.15, 0.2) is 48.7 Å². The summed E-state index contributed by atoms with van der Waals surface area (Å²) in [6.07, 6.45) is 4.99. The number of nitrogens with zero attached hydrogens (tertiary/aromatic N) is 3. The first kappa shape index (κ1) is 21.4. The van der Waals surface area contributed by atoms with E-state index in [1.54, 1.807) is 18.3 Å². The van der Waals surface area contributed by atoms with Gasteiger partial charge in [-0.15, -0.1) is 0 Å². The Bertz CT molecular complexity index is 1230. The van der Waals surface area contributed by atoms with Crippen molar-refractivity contribution in [2.75, 3.05) is 17.2 Å². The normalized spacial score (nSPS) is 17.1. The maximum absolute atomic E-state index is 12.9. The molecule has 33 heavy (non-hydrogen) atoms. The molecular formula is C25H24ClN5O2. The number of rotatable bonds is 4. The molecule has 5 rings (SSSR count). The Labute approximate surface area is 197 Å². The number of aromatic nitrogens is 2. The van der Waals surface area contributed by atoms with Gasteiger partial charge in [-0.1, -0.05) is 18.5 Å². The van der Waals surface area contributed by atoms with E-state index in [9.17, 15) is 9.59 Å². The molecule has 0 radical (unpaired) electrons. The Balaban J connectivity index is 1.38. The second kappa shape index (κ2) is 8.83. The molecule has 2 aromatic carbocycles. The number of carbonyl (C=O) groups is 2. The molecule has 8 heteroatoms. The van der Waals surface area contributed by atoms with Gasteiger partial charge in [-0.25, -0.2) is 9.97 Å². The molecule has 1 atom stereocenters. The van der Waals surface area contributed by atoms with Gasteiger partial charge in [-0.2, -0.15) is 0 Å². The van der Waals surface area contributed by atoms with E-state index < -0.39 is 0 Å². The van der Waals surface area contributed by atoms with Crippen LogP contribution in [0.1, 0.15) is 42.1 Å². The summed E-state index contributed by atoms with van der Waals surface area (Å²) in [4.78, 5) is 36.2. The quantitative estimate of drug-likeness (QED) is 0.567. The lowest BCUT2D eigenvalue weighted by atomic mass is 10.1. The largest absolute Gasteiger partial charge is 0.336 e. The number of fused-ring (bicyclic) bond motifs is 3. The predicted octanol–water partition coefficient (Wildman–Crippen LogP) is 5.05. The number of halogens is 1. The van der Waals surface area contributed by atoms with Crippen LogP contribution in [0.4, 0.5) is 17.3 Å². The van der Waals surface area contributed by atoms with Crippen LogP contribution in [0.25, 0.3) is 11.3 Å². The Morgan fingerprint density at radius 1 is 1.24 bits per heavy atom. The molecule has 168 valence electrons. The SMILES string of the molecule is CCC1CCCN1C(=O)c1ccc(Nc2ncc3c(n2)-c2ccc(Cl)cc2NC(=O)C3)cc1. The molecule has 0 bridgehead atoms. The van der Waals surface area contributed by atoms with E-state index in [1.807, 2.05) is 35.2 Å². The first-order chi connectivity index (χ1) is 16.0. The average molecular weight is 462 g/mol. The van der Waals surface area contributed by atoms with Crippen molar-refractivity contribution in [1.82, 2.24) is 14.9 Å². The fraction of sp³-hybridized carbons (Fsp3) is 0.280. The first-order valence-electron chi connectivity index (χ1n) is 11.2. The Morgan fingerprint density at radius 2 is 2.06 bits per heavy atom. The van der Waals surface area contributed by atoms with Crippen molar-refractivity contribution < 1.29 is 9.59 Å². The van der Waals surface area contributed by atoms with Gasteiger partial charge in [0.15, 0.2) is 0 Å². The van der Waals surface area contributed by atoms with Gasteiger partial charge in [-0.3, -0.25) is 9.59 Å². The van der Waals surface area contributed by atoms with E-state index in [2.05, 4.69) is 27.5 Å². The smallest absolute Gasteiger partial charge is 0.254 e. The number of benzene rings is 2. The molecule has 0 saturated carbocycles. The van der Waals surface area contributed by atoms with Gasteiger partial charge in [0.2, 0.25) is 11.9 Å². The van der Waals surface area contributed by atoms with E-state index >= 15 is 0 Å². The van der Waals surface area contributed by atoms with Gasteiger partial charge in [-0.05, 0) is 61.7 Å². The fourth-order valence-corrected chi connectivity index (χ4v) is 4.71. The summed E-state index contributed by atoms with van der Waals surface area (Å²) in [5, 5.41) is 6.62. The van der Waals surface area contributed by atoms with Gasteiger partial charge in [0.05, 0.1) is 17.8 Å². The topological polar surface area (TPSA) is 87.2 Å². The van der Waals surface area contributed by atoms with Crippen molar-refractivity contribution in [3.8, 4) is 11.3 Å². The number of carbonyl (C=O) groups excluding carboxylic acids is 2. The summed E-state index contributed by atoms with van der Waals surface area (Å²) in [5.74, 6) is 0.360. The van der Waals surface area contributed by atoms with Crippen LogP contribution in [0.3, 0.4) is 0 Å². The van der Waals surface area contributed by atoms with Gasteiger partial charge in [0.1, 0.15) is 0 Å². The first-order valence-corrected chi connectivity index (χ1v) is 11.5. The number of nitrogens with one attached hydrogen (secondary N) is 2. The molecule has 2 aliphatic heterocycles. The molecule has 7 nitrogen and oxygen atoms in total. The third-order valence-electron chi connectivity index (χ3n) is 6.22. The molecular weight excluding hydrogens is 438 g/mol. The van der Waals surface area contributed by atoms with E-state index in [0.29, 0.717) is 34.0 Å². The van der Waals surface area contributed by atoms with Crippen LogP contribution in [0.5, 0.6) is 0 Å². The summed E-state index contributed by atoms with van der Waals surface area (Å²) in [5.41, 5.74) is 4.31. The fourth-order valence-electron chi connectivity index (χ4n) is 4.54. The van der Waals surface area contributed by atoms with Crippen LogP contribution < -0.4 is 10.6 Å². The highest BCUT2D eigenvalue weighted by Gasteiger charge is 2.28. The Kier molecular flexibility index (Phi) is 5.72. The summed E-state index contributed by atoms with van der Waals surface area (Å²) in [6, 6.07) is 13.1. The molecule has 2 amide bonds. The van der Waals surface area contributed by atoms with Crippen LogP contribution in [0, 0.1) is 0 Å². The van der Waals surface area contributed by atoms with E-state index in [4.69, 9.17) is 11.6 Å². The van der Waals surface area contributed by atoms with Crippen LogP contribution in [-0.2, 0) is 11.2 Å². The molecule has 0 spiro atoms. The van der Waals surface area contributed by atoms with Crippen molar-refractivity contribution in [2.24, 2.45) is 0 Å². The maximum atomic E-state index is 12.9.